The smallest absolute Gasteiger partial charge is 0.417 e. The van der Waals surface area contributed by atoms with Crippen LogP contribution in [-0.4, -0.2) is 39.8 Å². The van der Waals surface area contributed by atoms with Gasteiger partial charge >= 0.3 is 6.09 Å². The third-order valence-corrected chi connectivity index (χ3v) is 4.48. The molecule has 0 spiro atoms. The molecular weight excluding hydrogens is 258 g/mol. The van der Waals surface area contributed by atoms with Gasteiger partial charge in [0.15, 0.2) is 0 Å². The summed E-state index contributed by atoms with van der Waals surface area (Å²) in [4.78, 5) is 25.9. The van der Waals surface area contributed by atoms with Crippen LogP contribution in [0.15, 0.2) is 0 Å². The number of nitrogens with zero attached hydrogens (tertiary/aromatic N) is 1. The Kier molecular flexibility index (Phi) is 3.84. The molecule has 5 atom stereocenters. The molecule has 1 saturated carbocycles. The number of carbonyl (C=O) groups is 2. The molecule has 5 heteroatoms. The van der Waals surface area contributed by atoms with Gasteiger partial charge in [-0.25, -0.2) is 9.69 Å². The molecule has 5 nitrogen and oxygen atoms in total. The van der Waals surface area contributed by atoms with Crippen LogP contribution in [0.4, 0.5) is 4.79 Å². The van der Waals surface area contributed by atoms with Crippen LogP contribution >= 0.6 is 0 Å². The number of imide groups is 1. The summed E-state index contributed by atoms with van der Waals surface area (Å²) in [5.41, 5.74) is -0.613. The zero-order chi connectivity index (χ0) is 15.2. The van der Waals surface area contributed by atoms with Crippen LogP contribution < -0.4 is 0 Å². The summed E-state index contributed by atoms with van der Waals surface area (Å²) in [6.45, 7) is 9.25. The highest BCUT2D eigenvalue weighted by Gasteiger charge is 2.52. The van der Waals surface area contributed by atoms with Crippen LogP contribution in [0.3, 0.4) is 0 Å². The van der Waals surface area contributed by atoms with Crippen LogP contribution in [0, 0.1) is 17.8 Å². The van der Waals surface area contributed by atoms with Gasteiger partial charge in [-0.3, -0.25) is 4.79 Å². The highest BCUT2D eigenvalue weighted by atomic mass is 16.6. The summed E-state index contributed by atoms with van der Waals surface area (Å²) >= 11 is 0. The fraction of sp³-hybridized carbons (Fsp3) is 0.867. The average molecular weight is 283 g/mol. The van der Waals surface area contributed by atoms with Crippen molar-refractivity contribution in [2.45, 2.75) is 65.2 Å². The maximum absolute atomic E-state index is 12.4. The van der Waals surface area contributed by atoms with E-state index >= 15 is 0 Å². The zero-order valence-electron chi connectivity index (χ0n) is 12.9. The molecule has 1 aliphatic heterocycles. The lowest BCUT2D eigenvalue weighted by atomic mass is 9.72. The van der Waals surface area contributed by atoms with Gasteiger partial charge in [-0.15, -0.1) is 0 Å². The van der Waals surface area contributed by atoms with E-state index in [0.29, 0.717) is 6.42 Å². The van der Waals surface area contributed by atoms with E-state index in [2.05, 4.69) is 0 Å². The predicted molar refractivity (Wildman–Crippen MR) is 73.9 cm³/mol. The van der Waals surface area contributed by atoms with Crippen molar-refractivity contribution in [3.63, 3.8) is 0 Å². The van der Waals surface area contributed by atoms with Gasteiger partial charge in [-0.2, -0.15) is 0 Å². The molecule has 2 aliphatic rings. The van der Waals surface area contributed by atoms with E-state index in [1.807, 2.05) is 13.8 Å². The van der Waals surface area contributed by atoms with E-state index in [1.165, 1.54) is 4.90 Å². The topological polar surface area (TPSA) is 66.8 Å². The summed E-state index contributed by atoms with van der Waals surface area (Å²) < 4.78 is 5.33. The van der Waals surface area contributed by atoms with Crippen LogP contribution in [0.1, 0.15) is 47.5 Å². The minimum atomic E-state index is -0.613. The first-order valence-corrected chi connectivity index (χ1v) is 7.36. The van der Waals surface area contributed by atoms with E-state index in [0.717, 1.165) is 6.42 Å². The lowest BCUT2D eigenvalue weighted by molar-refractivity contribution is -0.132. The first kappa shape index (κ1) is 15.3. The Morgan fingerprint density at radius 3 is 2.45 bits per heavy atom. The summed E-state index contributed by atoms with van der Waals surface area (Å²) in [7, 11) is 0. The van der Waals surface area contributed by atoms with Gasteiger partial charge in [0.25, 0.3) is 0 Å². The Hall–Kier alpha value is -1.10. The highest BCUT2D eigenvalue weighted by molar-refractivity contribution is 5.96. The number of aliphatic hydroxyl groups excluding tert-OH is 1. The second kappa shape index (κ2) is 5.02. The van der Waals surface area contributed by atoms with Crippen LogP contribution in [0.25, 0.3) is 0 Å². The van der Waals surface area contributed by atoms with Crippen LogP contribution in [0.2, 0.25) is 0 Å². The first-order chi connectivity index (χ1) is 9.11. The monoisotopic (exact) mass is 283 g/mol. The fourth-order valence-electron chi connectivity index (χ4n) is 3.37. The number of hydrogen-bond acceptors (Lipinski definition) is 4. The largest absolute Gasteiger partial charge is 0.443 e. The molecular formula is C15H25NO4. The van der Waals surface area contributed by atoms with E-state index in [4.69, 9.17) is 4.74 Å². The number of amides is 2. The number of aliphatic hydroxyl groups is 1. The Morgan fingerprint density at radius 2 is 1.90 bits per heavy atom. The van der Waals surface area contributed by atoms with Crippen molar-refractivity contribution in [2.75, 3.05) is 0 Å². The lowest BCUT2D eigenvalue weighted by Crippen LogP contribution is -2.42. The second-order valence-electron chi connectivity index (χ2n) is 7.22. The number of likely N-dealkylation sites (tertiary alicyclic amines) is 1. The number of ether oxygens (including phenoxy) is 1. The molecule has 0 radical (unpaired) electrons. The van der Waals surface area contributed by atoms with E-state index in [1.54, 1.807) is 20.8 Å². The van der Waals surface area contributed by atoms with Gasteiger partial charge in [-0.1, -0.05) is 6.92 Å². The van der Waals surface area contributed by atoms with Gasteiger partial charge in [0, 0.05) is 12.0 Å². The minimum Gasteiger partial charge on any atom is -0.443 e. The van der Waals surface area contributed by atoms with Crippen molar-refractivity contribution < 1.29 is 19.4 Å². The van der Waals surface area contributed by atoms with Crippen molar-refractivity contribution in [1.29, 1.82) is 0 Å². The molecule has 0 aromatic heterocycles. The molecule has 0 bridgehead atoms. The number of rotatable bonds is 0. The Balaban J connectivity index is 2.17. The van der Waals surface area contributed by atoms with Gasteiger partial charge in [0.2, 0.25) is 5.91 Å². The standard InChI is InChI=1S/C15H25NO4/c1-8-6-10-9(2)16(14(19)20-15(3,4)5)13(18)11(10)7-12(8)17/h8-12,17H,6-7H2,1-5H3/t8-,9+,10+,11+,12+/m0/s1. The molecule has 20 heavy (non-hydrogen) atoms. The SMILES string of the molecule is C[C@@H]1[C@H]2C[C@H](C)[C@H](O)C[C@H]2C(=O)N1C(=O)OC(C)(C)C. The van der Waals surface area contributed by atoms with Crippen molar-refractivity contribution in [3.8, 4) is 0 Å². The molecule has 2 fully saturated rings. The average Bonchev–Trinajstić information content (AvgIpc) is 2.51. The van der Waals surface area contributed by atoms with E-state index in [-0.39, 0.29) is 29.7 Å². The van der Waals surface area contributed by atoms with E-state index < -0.39 is 17.8 Å². The number of carbonyl (C=O) groups excluding carboxylic acids is 2. The van der Waals surface area contributed by atoms with Crippen LogP contribution in [-0.2, 0) is 9.53 Å². The third-order valence-electron chi connectivity index (χ3n) is 4.48. The van der Waals surface area contributed by atoms with Gasteiger partial charge in [0.1, 0.15) is 5.60 Å². The molecule has 1 saturated heterocycles. The van der Waals surface area contributed by atoms with Crippen LogP contribution in [0.5, 0.6) is 0 Å². The molecule has 1 aliphatic carbocycles. The lowest BCUT2D eigenvalue weighted by Gasteiger charge is -2.33. The molecule has 2 amide bonds. The van der Waals surface area contributed by atoms with Gasteiger partial charge in [0.05, 0.1) is 6.10 Å². The predicted octanol–water partition coefficient (Wildman–Crippen LogP) is 2.18. The van der Waals surface area contributed by atoms with Gasteiger partial charge < -0.3 is 9.84 Å². The Labute approximate surface area is 120 Å². The molecule has 0 aromatic carbocycles. The Morgan fingerprint density at radius 1 is 1.30 bits per heavy atom. The summed E-state index contributed by atoms with van der Waals surface area (Å²) in [6, 6.07) is -0.155. The van der Waals surface area contributed by atoms with Crippen molar-refractivity contribution >= 4 is 12.0 Å². The molecule has 1 heterocycles. The van der Waals surface area contributed by atoms with Crippen molar-refractivity contribution in [3.05, 3.63) is 0 Å². The zero-order valence-corrected chi connectivity index (χ0v) is 12.9. The van der Waals surface area contributed by atoms with Gasteiger partial charge in [-0.05, 0) is 52.4 Å². The molecule has 2 rings (SSSR count). The first-order valence-electron chi connectivity index (χ1n) is 7.36. The van der Waals surface area contributed by atoms with Crippen molar-refractivity contribution in [2.24, 2.45) is 17.8 Å². The third kappa shape index (κ3) is 2.68. The highest BCUT2D eigenvalue weighted by Crippen LogP contribution is 2.43. The number of hydrogen-bond donors (Lipinski definition) is 1. The summed E-state index contributed by atoms with van der Waals surface area (Å²) in [5.74, 6) is -0.134. The molecule has 0 aromatic rings. The minimum absolute atomic E-state index is 0.133. The number of fused-ring (bicyclic) bond motifs is 1. The maximum atomic E-state index is 12.4. The normalized spacial score (nSPS) is 37.8. The maximum Gasteiger partial charge on any atom is 0.417 e. The quantitative estimate of drug-likeness (QED) is 0.740. The molecule has 1 N–H and O–H groups in total. The molecule has 0 unspecified atom stereocenters. The second-order valence-corrected chi connectivity index (χ2v) is 7.22. The summed E-state index contributed by atoms with van der Waals surface area (Å²) in [6.07, 6.45) is 0.212. The van der Waals surface area contributed by atoms with E-state index in [9.17, 15) is 14.7 Å². The Bertz CT molecular complexity index is 415. The fourth-order valence-corrected chi connectivity index (χ4v) is 3.37. The van der Waals surface area contributed by atoms with Crippen molar-refractivity contribution in [1.82, 2.24) is 4.90 Å². The molecule has 114 valence electrons. The summed E-state index contributed by atoms with van der Waals surface area (Å²) in [5, 5.41) is 9.95.